The van der Waals surface area contributed by atoms with Crippen molar-refractivity contribution in [3.05, 3.63) is 46.8 Å². The van der Waals surface area contributed by atoms with Crippen molar-refractivity contribution in [2.45, 2.75) is 31.7 Å². The van der Waals surface area contributed by atoms with Gasteiger partial charge < -0.3 is 9.84 Å². The zero-order valence-corrected chi connectivity index (χ0v) is 12.9. The summed E-state index contributed by atoms with van der Waals surface area (Å²) in [6.07, 6.45) is 2.04. The van der Waals surface area contributed by atoms with Gasteiger partial charge in [-0.3, -0.25) is 4.79 Å². The summed E-state index contributed by atoms with van der Waals surface area (Å²) in [6.45, 7) is 5.47. The van der Waals surface area contributed by atoms with Crippen LogP contribution in [0.15, 0.2) is 33.7 Å². The molecule has 1 amide bonds. The molecule has 106 valence electrons. The van der Waals surface area contributed by atoms with Gasteiger partial charge in [-0.15, -0.1) is 11.8 Å². The Morgan fingerprint density at radius 3 is 2.45 bits per heavy atom. The molecule has 1 unspecified atom stereocenters. The number of amides is 1. The van der Waals surface area contributed by atoms with E-state index in [1.807, 2.05) is 25.3 Å². The quantitative estimate of drug-likeness (QED) is 0.876. The van der Waals surface area contributed by atoms with Gasteiger partial charge in [0.2, 0.25) is 0 Å². The minimum atomic E-state index is -0.150. The Morgan fingerprint density at radius 1 is 1.30 bits per heavy atom. The molecule has 0 radical (unpaired) electrons. The van der Waals surface area contributed by atoms with Gasteiger partial charge in [0, 0.05) is 4.90 Å². The number of carbonyl (C=O) groups is 1. The summed E-state index contributed by atoms with van der Waals surface area (Å²) >= 11 is 1.70. The van der Waals surface area contributed by atoms with Gasteiger partial charge in [0.1, 0.15) is 11.3 Å². The second kappa shape index (κ2) is 6.13. The first-order valence-corrected chi connectivity index (χ1v) is 7.63. The maximum Gasteiger partial charge on any atom is 0.257 e. The molecule has 2 aromatic rings. The number of aromatic nitrogens is 1. The van der Waals surface area contributed by atoms with Crippen molar-refractivity contribution in [2.75, 3.05) is 6.26 Å². The third-order valence-electron chi connectivity index (χ3n) is 3.22. The van der Waals surface area contributed by atoms with Crippen molar-refractivity contribution in [1.29, 1.82) is 0 Å². The number of nitrogens with zero attached hydrogens (tertiary/aromatic N) is 1. The lowest BCUT2D eigenvalue weighted by molar-refractivity contribution is 0.0938. The third-order valence-corrected chi connectivity index (χ3v) is 3.97. The standard InChI is InChI=1S/C15H18N2O2S/c1-9(12-5-7-13(20-4)8-6-12)16-15(18)14-10(2)17-19-11(14)3/h5-9H,1-4H3,(H,16,18). The highest BCUT2D eigenvalue weighted by molar-refractivity contribution is 7.98. The largest absolute Gasteiger partial charge is 0.361 e. The van der Waals surface area contributed by atoms with Crippen LogP contribution in [0.5, 0.6) is 0 Å². The Morgan fingerprint density at radius 2 is 1.95 bits per heavy atom. The number of aryl methyl sites for hydroxylation is 2. The zero-order chi connectivity index (χ0) is 14.7. The van der Waals surface area contributed by atoms with E-state index in [2.05, 4.69) is 22.6 Å². The minimum absolute atomic E-state index is 0.0629. The van der Waals surface area contributed by atoms with Crippen molar-refractivity contribution in [3.63, 3.8) is 0 Å². The van der Waals surface area contributed by atoms with Gasteiger partial charge in [0.05, 0.1) is 11.7 Å². The number of hydrogen-bond donors (Lipinski definition) is 1. The SMILES string of the molecule is CSc1ccc(C(C)NC(=O)c2c(C)noc2C)cc1. The molecule has 0 saturated carbocycles. The van der Waals surface area contributed by atoms with E-state index < -0.39 is 0 Å². The molecule has 1 aromatic carbocycles. The molecular formula is C15H18N2O2S. The van der Waals surface area contributed by atoms with E-state index in [9.17, 15) is 4.79 Å². The van der Waals surface area contributed by atoms with E-state index in [4.69, 9.17) is 4.52 Å². The summed E-state index contributed by atoms with van der Waals surface area (Å²) in [5.41, 5.74) is 2.21. The van der Waals surface area contributed by atoms with Crippen LogP contribution in [0.4, 0.5) is 0 Å². The number of hydrogen-bond acceptors (Lipinski definition) is 4. The van der Waals surface area contributed by atoms with E-state index in [1.54, 1.807) is 25.6 Å². The summed E-state index contributed by atoms with van der Waals surface area (Å²) in [5.74, 6) is 0.396. The first-order valence-electron chi connectivity index (χ1n) is 6.40. The van der Waals surface area contributed by atoms with E-state index in [1.165, 1.54) is 4.90 Å². The van der Waals surface area contributed by atoms with Crippen LogP contribution in [0.3, 0.4) is 0 Å². The van der Waals surface area contributed by atoms with Crippen LogP contribution in [-0.4, -0.2) is 17.3 Å². The molecule has 1 heterocycles. The molecule has 1 atom stereocenters. The summed E-state index contributed by atoms with van der Waals surface area (Å²) in [4.78, 5) is 13.4. The molecule has 1 N–H and O–H groups in total. The molecule has 0 bridgehead atoms. The van der Waals surface area contributed by atoms with Crippen LogP contribution in [0.1, 0.15) is 40.3 Å². The van der Waals surface area contributed by atoms with E-state index >= 15 is 0 Å². The Bertz CT molecular complexity index is 585. The van der Waals surface area contributed by atoms with Crippen LogP contribution < -0.4 is 5.32 Å². The Hall–Kier alpha value is -1.75. The fourth-order valence-corrected chi connectivity index (χ4v) is 2.46. The van der Waals surface area contributed by atoms with Gasteiger partial charge in [-0.1, -0.05) is 17.3 Å². The predicted molar refractivity (Wildman–Crippen MR) is 80.1 cm³/mol. The Labute approximate surface area is 122 Å². The van der Waals surface area contributed by atoms with E-state index in [0.29, 0.717) is 17.0 Å². The van der Waals surface area contributed by atoms with Gasteiger partial charge in [-0.05, 0) is 44.7 Å². The van der Waals surface area contributed by atoms with Crippen molar-refractivity contribution in [2.24, 2.45) is 0 Å². The monoisotopic (exact) mass is 290 g/mol. The van der Waals surface area contributed by atoms with Crippen molar-refractivity contribution in [3.8, 4) is 0 Å². The molecule has 0 spiro atoms. The van der Waals surface area contributed by atoms with E-state index in [-0.39, 0.29) is 11.9 Å². The van der Waals surface area contributed by atoms with Gasteiger partial charge >= 0.3 is 0 Å². The maximum atomic E-state index is 12.2. The van der Waals surface area contributed by atoms with E-state index in [0.717, 1.165) is 5.56 Å². The normalized spacial score (nSPS) is 12.2. The molecular weight excluding hydrogens is 272 g/mol. The van der Waals surface area contributed by atoms with Crippen molar-refractivity contribution >= 4 is 17.7 Å². The second-order valence-corrected chi connectivity index (χ2v) is 5.55. The predicted octanol–water partition coefficient (Wildman–Crippen LogP) is 3.50. The Balaban J connectivity index is 2.11. The molecule has 5 heteroatoms. The number of thioether (sulfide) groups is 1. The fraction of sp³-hybridized carbons (Fsp3) is 0.333. The van der Waals surface area contributed by atoms with Crippen LogP contribution >= 0.6 is 11.8 Å². The van der Waals surface area contributed by atoms with Crippen LogP contribution in [0.2, 0.25) is 0 Å². The third kappa shape index (κ3) is 3.04. The van der Waals surface area contributed by atoms with Gasteiger partial charge in [-0.2, -0.15) is 0 Å². The van der Waals surface area contributed by atoms with Gasteiger partial charge in [0.15, 0.2) is 0 Å². The highest BCUT2D eigenvalue weighted by atomic mass is 32.2. The first-order chi connectivity index (χ1) is 9.52. The van der Waals surface area contributed by atoms with Crippen LogP contribution in [0.25, 0.3) is 0 Å². The Kier molecular flexibility index (Phi) is 4.49. The molecule has 0 saturated heterocycles. The minimum Gasteiger partial charge on any atom is -0.361 e. The van der Waals surface area contributed by atoms with Crippen molar-refractivity contribution in [1.82, 2.24) is 10.5 Å². The number of nitrogens with one attached hydrogen (secondary N) is 1. The average molecular weight is 290 g/mol. The summed E-state index contributed by atoms with van der Waals surface area (Å²) < 4.78 is 5.02. The lowest BCUT2D eigenvalue weighted by Gasteiger charge is -2.14. The second-order valence-electron chi connectivity index (χ2n) is 4.67. The zero-order valence-electron chi connectivity index (χ0n) is 12.1. The smallest absolute Gasteiger partial charge is 0.257 e. The molecule has 0 aliphatic carbocycles. The highest BCUT2D eigenvalue weighted by Gasteiger charge is 2.19. The molecule has 20 heavy (non-hydrogen) atoms. The summed E-state index contributed by atoms with van der Waals surface area (Å²) in [6, 6.07) is 8.11. The maximum absolute atomic E-state index is 12.2. The molecule has 2 rings (SSSR count). The van der Waals surface area contributed by atoms with Crippen molar-refractivity contribution < 1.29 is 9.32 Å². The fourth-order valence-electron chi connectivity index (χ4n) is 2.05. The molecule has 4 nitrogen and oxygen atoms in total. The summed E-state index contributed by atoms with van der Waals surface area (Å²) in [7, 11) is 0. The number of carbonyl (C=O) groups excluding carboxylic acids is 1. The van der Waals surface area contributed by atoms with Crippen LogP contribution in [0, 0.1) is 13.8 Å². The molecule has 0 aliphatic heterocycles. The van der Waals surface area contributed by atoms with Gasteiger partial charge in [-0.25, -0.2) is 0 Å². The first kappa shape index (κ1) is 14.7. The highest BCUT2D eigenvalue weighted by Crippen LogP contribution is 2.20. The molecule has 1 aromatic heterocycles. The lowest BCUT2D eigenvalue weighted by Crippen LogP contribution is -2.27. The average Bonchev–Trinajstić information content (AvgIpc) is 2.78. The number of rotatable bonds is 4. The molecule has 0 aliphatic rings. The van der Waals surface area contributed by atoms with Crippen LogP contribution in [-0.2, 0) is 0 Å². The van der Waals surface area contributed by atoms with Gasteiger partial charge in [0.25, 0.3) is 5.91 Å². The molecule has 0 fully saturated rings. The lowest BCUT2D eigenvalue weighted by atomic mass is 10.1. The number of benzene rings is 1. The topological polar surface area (TPSA) is 55.1 Å². The summed E-state index contributed by atoms with van der Waals surface area (Å²) in [5, 5.41) is 6.77.